The van der Waals surface area contributed by atoms with Crippen molar-refractivity contribution in [2.24, 2.45) is 23.2 Å². The predicted octanol–water partition coefficient (Wildman–Crippen LogP) is 1.88. The average Bonchev–Trinajstić information content (AvgIpc) is 2.14. The topological polar surface area (TPSA) is 49.3 Å². The van der Waals surface area contributed by atoms with E-state index in [2.05, 4.69) is 5.32 Å². The normalized spacial score (nSPS) is 46.9. The molecule has 0 aromatic rings. The van der Waals surface area contributed by atoms with E-state index >= 15 is 0 Å². The van der Waals surface area contributed by atoms with E-state index in [9.17, 15) is 9.90 Å². The van der Waals surface area contributed by atoms with E-state index in [0.717, 1.165) is 37.0 Å². The van der Waals surface area contributed by atoms with Gasteiger partial charge in [-0.15, -0.1) is 0 Å². The van der Waals surface area contributed by atoms with Crippen molar-refractivity contribution in [2.75, 3.05) is 7.05 Å². The minimum Gasteiger partial charge on any atom is -0.480 e. The lowest BCUT2D eigenvalue weighted by Gasteiger charge is -2.58. The third-order valence-electron chi connectivity index (χ3n) is 5.23. The number of aliphatic carboxylic acids is 1. The molecule has 4 bridgehead atoms. The average molecular weight is 223 g/mol. The number of hydrogen-bond donors (Lipinski definition) is 2. The smallest absolute Gasteiger partial charge is 0.321 e. The molecule has 2 N–H and O–H groups in total. The lowest BCUT2D eigenvalue weighted by atomic mass is 9.47. The van der Waals surface area contributed by atoms with Crippen LogP contribution in [0.1, 0.15) is 38.5 Å². The first kappa shape index (κ1) is 10.6. The van der Waals surface area contributed by atoms with Crippen LogP contribution in [0.5, 0.6) is 0 Å². The van der Waals surface area contributed by atoms with Gasteiger partial charge in [-0.2, -0.15) is 0 Å². The molecular weight excluding hydrogens is 202 g/mol. The van der Waals surface area contributed by atoms with Crippen LogP contribution in [0.4, 0.5) is 0 Å². The lowest BCUT2D eigenvalue weighted by Crippen LogP contribution is -2.58. The molecule has 4 rings (SSSR count). The van der Waals surface area contributed by atoms with Crippen LogP contribution in [-0.2, 0) is 4.79 Å². The lowest BCUT2D eigenvalue weighted by molar-refractivity contribution is -0.151. The van der Waals surface area contributed by atoms with Crippen molar-refractivity contribution in [1.82, 2.24) is 5.32 Å². The summed E-state index contributed by atoms with van der Waals surface area (Å²) in [5.74, 6) is 1.81. The Kier molecular flexibility index (Phi) is 2.29. The number of carboxylic acids is 1. The second-order valence-electron chi connectivity index (χ2n) is 6.34. The molecule has 0 radical (unpaired) electrons. The van der Waals surface area contributed by atoms with Crippen LogP contribution in [0.25, 0.3) is 0 Å². The minimum atomic E-state index is -0.649. The quantitative estimate of drug-likeness (QED) is 0.768. The van der Waals surface area contributed by atoms with Gasteiger partial charge in [-0.05, 0) is 68.7 Å². The van der Waals surface area contributed by atoms with Gasteiger partial charge in [0, 0.05) is 0 Å². The number of nitrogens with one attached hydrogen (secondary N) is 1. The van der Waals surface area contributed by atoms with Gasteiger partial charge < -0.3 is 10.4 Å². The van der Waals surface area contributed by atoms with Gasteiger partial charge in [0.05, 0.1) is 0 Å². The summed E-state index contributed by atoms with van der Waals surface area (Å²) in [6, 6.07) is -0.319. The maximum absolute atomic E-state index is 11.4. The van der Waals surface area contributed by atoms with Crippen LogP contribution in [0.2, 0.25) is 0 Å². The van der Waals surface area contributed by atoms with Gasteiger partial charge in [0.2, 0.25) is 0 Å². The molecule has 4 fully saturated rings. The summed E-state index contributed by atoms with van der Waals surface area (Å²) in [6.07, 6.45) is 7.56. The molecule has 0 aromatic heterocycles. The summed E-state index contributed by atoms with van der Waals surface area (Å²) < 4.78 is 0. The fourth-order valence-corrected chi connectivity index (χ4v) is 5.22. The van der Waals surface area contributed by atoms with Crippen LogP contribution in [0, 0.1) is 23.2 Å². The monoisotopic (exact) mass is 223 g/mol. The molecular formula is C13H21NO2. The Morgan fingerprint density at radius 3 is 1.94 bits per heavy atom. The molecule has 0 saturated heterocycles. The Morgan fingerprint density at radius 1 is 1.19 bits per heavy atom. The first-order valence-electron chi connectivity index (χ1n) is 6.53. The molecule has 0 aliphatic heterocycles. The van der Waals surface area contributed by atoms with Crippen molar-refractivity contribution in [3.63, 3.8) is 0 Å². The maximum Gasteiger partial charge on any atom is 0.321 e. The van der Waals surface area contributed by atoms with Gasteiger partial charge in [0.15, 0.2) is 0 Å². The highest BCUT2D eigenvalue weighted by molar-refractivity contribution is 5.74. The van der Waals surface area contributed by atoms with E-state index in [1.807, 2.05) is 0 Å². The van der Waals surface area contributed by atoms with E-state index in [0.29, 0.717) is 0 Å². The molecule has 0 heterocycles. The number of carboxylic acid groups (broad SMARTS) is 1. The van der Waals surface area contributed by atoms with Gasteiger partial charge in [0.1, 0.15) is 6.04 Å². The Bertz CT molecular complexity index is 278. The highest BCUT2D eigenvalue weighted by Gasteiger charge is 2.55. The van der Waals surface area contributed by atoms with Crippen molar-refractivity contribution in [3.05, 3.63) is 0 Å². The molecule has 0 spiro atoms. The molecule has 0 aromatic carbocycles. The fraction of sp³-hybridized carbons (Fsp3) is 0.923. The van der Waals surface area contributed by atoms with Gasteiger partial charge >= 0.3 is 5.97 Å². The summed E-state index contributed by atoms with van der Waals surface area (Å²) in [7, 11) is 1.80. The molecule has 90 valence electrons. The number of carbonyl (C=O) groups is 1. The molecule has 0 amide bonds. The first-order valence-corrected chi connectivity index (χ1v) is 6.53. The predicted molar refractivity (Wildman–Crippen MR) is 61.1 cm³/mol. The Labute approximate surface area is 96.6 Å². The summed E-state index contributed by atoms with van der Waals surface area (Å²) >= 11 is 0. The zero-order valence-corrected chi connectivity index (χ0v) is 9.91. The summed E-state index contributed by atoms with van der Waals surface area (Å²) in [5.41, 5.74) is 0.0787. The highest BCUT2D eigenvalue weighted by atomic mass is 16.4. The largest absolute Gasteiger partial charge is 0.480 e. The molecule has 4 saturated carbocycles. The molecule has 1 atom stereocenters. The van der Waals surface area contributed by atoms with E-state index < -0.39 is 5.97 Å². The van der Waals surface area contributed by atoms with E-state index in [-0.39, 0.29) is 11.5 Å². The van der Waals surface area contributed by atoms with Crippen molar-refractivity contribution in [1.29, 1.82) is 0 Å². The number of hydrogen-bond acceptors (Lipinski definition) is 2. The van der Waals surface area contributed by atoms with Crippen LogP contribution in [-0.4, -0.2) is 24.2 Å². The van der Waals surface area contributed by atoms with Gasteiger partial charge in [0.25, 0.3) is 0 Å². The summed E-state index contributed by atoms with van der Waals surface area (Å²) in [5, 5.41) is 12.4. The van der Waals surface area contributed by atoms with E-state index in [1.165, 1.54) is 19.3 Å². The molecule has 3 heteroatoms. The Hall–Kier alpha value is -0.570. The second kappa shape index (κ2) is 3.46. The van der Waals surface area contributed by atoms with Crippen LogP contribution in [0.15, 0.2) is 0 Å². The van der Waals surface area contributed by atoms with Gasteiger partial charge in [-0.3, -0.25) is 4.79 Å². The third kappa shape index (κ3) is 1.41. The Morgan fingerprint density at radius 2 is 1.62 bits per heavy atom. The molecule has 4 aliphatic carbocycles. The first-order chi connectivity index (χ1) is 7.63. The molecule has 16 heavy (non-hydrogen) atoms. The molecule has 0 unspecified atom stereocenters. The number of rotatable bonds is 3. The minimum absolute atomic E-state index is 0.0787. The highest BCUT2D eigenvalue weighted by Crippen LogP contribution is 2.61. The van der Waals surface area contributed by atoms with Crippen molar-refractivity contribution >= 4 is 5.97 Å². The van der Waals surface area contributed by atoms with Gasteiger partial charge in [-0.1, -0.05) is 0 Å². The van der Waals surface area contributed by atoms with Crippen LogP contribution >= 0.6 is 0 Å². The van der Waals surface area contributed by atoms with E-state index in [4.69, 9.17) is 0 Å². The van der Waals surface area contributed by atoms with E-state index in [1.54, 1.807) is 7.05 Å². The van der Waals surface area contributed by atoms with Crippen LogP contribution < -0.4 is 5.32 Å². The second-order valence-corrected chi connectivity index (χ2v) is 6.34. The fourth-order valence-electron chi connectivity index (χ4n) is 5.22. The van der Waals surface area contributed by atoms with Crippen LogP contribution in [0.3, 0.4) is 0 Å². The zero-order valence-electron chi connectivity index (χ0n) is 9.91. The zero-order chi connectivity index (χ0) is 11.3. The standard InChI is InChI=1S/C13H21NO2/c1-14-11(12(15)16)13-5-8-2-9(6-13)4-10(3-8)7-13/h8-11,14H,2-7H2,1H3,(H,15,16)/t8?,9?,10?,11-,13?/m1/s1. The molecule has 3 nitrogen and oxygen atoms in total. The summed E-state index contributed by atoms with van der Waals surface area (Å²) in [4.78, 5) is 11.4. The van der Waals surface area contributed by atoms with Crippen molar-refractivity contribution in [3.8, 4) is 0 Å². The third-order valence-corrected chi connectivity index (χ3v) is 5.23. The molecule has 4 aliphatic rings. The van der Waals surface area contributed by atoms with Crippen molar-refractivity contribution < 1.29 is 9.90 Å². The maximum atomic E-state index is 11.4. The SMILES string of the molecule is CN[C@H](C(=O)O)C12CC3CC(CC(C3)C1)C2. The number of likely N-dealkylation sites (N-methyl/N-ethyl adjacent to an activating group) is 1. The summed E-state index contributed by atoms with van der Waals surface area (Å²) in [6.45, 7) is 0. The van der Waals surface area contributed by atoms with Gasteiger partial charge in [-0.25, -0.2) is 0 Å². The van der Waals surface area contributed by atoms with Crippen molar-refractivity contribution in [2.45, 2.75) is 44.6 Å². The Balaban J connectivity index is 1.90.